The van der Waals surface area contributed by atoms with Crippen molar-refractivity contribution in [2.75, 3.05) is 0 Å². The van der Waals surface area contributed by atoms with Crippen molar-refractivity contribution in [2.45, 2.75) is 32.4 Å². The molecule has 1 fully saturated rings. The SMILES string of the molecule is Cc1c2sc(C3=C(C(=O)[O-])N4C(=O)[C@H]([C@@H](C)O)[C@H]4C3)c[n+]2cn1C. The van der Waals surface area contributed by atoms with Crippen molar-refractivity contribution in [3.63, 3.8) is 0 Å². The standard InChI is InChI=1S/C16H17N3O4S/c1-7-15-18(6-17(7)3)5-11(24-15)9-4-10-12(8(2)20)14(21)19(10)13(9)16(22)23/h5-6,8,10,12,20H,4H2,1-3H3/t8-,10-,12-/m1/s1. The van der Waals surface area contributed by atoms with Gasteiger partial charge in [0.2, 0.25) is 17.1 Å². The fraction of sp³-hybridized carbons (Fsp3) is 0.438. The van der Waals surface area contributed by atoms with Crippen molar-refractivity contribution < 1.29 is 24.2 Å². The van der Waals surface area contributed by atoms with Gasteiger partial charge in [0.25, 0.3) is 0 Å². The number of carboxylic acids is 1. The van der Waals surface area contributed by atoms with Crippen LogP contribution in [0.25, 0.3) is 10.4 Å². The number of hydrogen-bond acceptors (Lipinski definition) is 5. The second-order valence-electron chi connectivity index (χ2n) is 6.48. The van der Waals surface area contributed by atoms with E-state index in [1.54, 1.807) is 6.92 Å². The minimum atomic E-state index is -1.34. The monoisotopic (exact) mass is 347 g/mol. The molecule has 1 saturated heterocycles. The summed E-state index contributed by atoms with van der Waals surface area (Å²) in [6.45, 7) is 3.56. The van der Waals surface area contributed by atoms with Gasteiger partial charge in [0.15, 0.2) is 5.69 Å². The van der Waals surface area contributed by atoms with Gasteiger partial charge in [-0.3, -0.25) is 4.79 Å². The maximum absolute atomic E-state index is 12.2. The summed E-state index contributed by atoms with van der Waals surface area (Å²) in [6.07, 6.45) is 3.46. The number of thiazole rings is 1. The molecule has 0 unspecified atom stereocenters. The molecule has 0 aromatic carbocycles. The maximum atomic E-state index is 12.2. The van der Waals surface area contributed by atoms with E-state index in [9.17, 15) is 19.8 Å². The highest BCUT2D eigenvalue weighted by Crippen LogP contribution is 2.47. The van der Waals surface area contributed by atoms with Crippen molar-refractivity contribution in [1.82, 2.24) is 9.47 Å². The Balaban J connectivity index is 1.81. The normalized spacial score (nSPS) is 24.5. The molecular formula is C16H17N3O4S. The molecule has 2 aromatic rings. The highest BCUT2D eigenvalue weighted by Gasteiger charge is 2.55. The summed E-state index contributed by atoms with van der Waals surface area (Å²) >= 11 is 1.50. The average Bonchev–Trinajstić information content (AvgIpc) is 3.11. The quantitative estimate of drug-likeness (QED) is 0.582. The number of fused-ring (bicyclic) bond motifs is 2. The number of aliphatic carboxylic acids is 1. The molecule has 1 amide bonds. The van der Waals surface area contributed by atoms with Gasteiger partial charge in [-0.15, -0.1) is 0 Å². The van der Waals surface area contributed by atoms with Crippen LogP contribution in [0.2, 0.25) is 0 Å². The highest BCUT2D eigenvalue weighted by atomic mass is 32.1. The Morgan fingerprint density at radius 2 is 2.25 bits per heavy atom. The predicted octanol–water partition coefficient (Wildman–Crippen LogP) is -0.794. The number of hydrogen-bond donors (Lipinski definition) is 1. The summed E-state index contributed by atoms with van der Waals surface area (Å²) in [5, 5.41) is 21.4. The van der Waals surface area contributed by atoms with Crippen LogP contribution in [-0.2, 0) is 16.6 Å². The van der Waals surface area contributed by atoms with Gasteiger partial charge >= 0.3 is 0 Å². The Hall–Kier alpha value is -2.19. The summed E-state index contributed by atoms with van der Waals surface area (Å²) in [4.78, 5) is 27.0. The zero-order valence-electron chi connectivity index (χ0n) is 13.5. The third-order valence-corrected chi connectivity index (χ3v) is 6.32. The van der Waals surface area contributed by atoms with Crippen LogP contribution in [0.15, 0.2) is 18.2 Å². The Morgan fingerprint density at radius 3 is 2.83 bits per heavy atom. The number of aromatic nitrogens is 2. The molecular weight excluding hydrogens is 330 g/mol. The summed E-state index contributed by atoms with van der Waals surface area (Å²) in [7, 11) is 1.95. The molecule has 1 N–H and O–H groups in total. The lowest BCUT2D eigenvalue weighted by Gasteiger charge is -2.45. The molecule has 126 valence electrons. The number of carbonyl (C=O) groups excluding carboxylic acids is 2. The zero-order chi connectivity index (χ0) is 17.3. The second kappa shape index (κ2) is 4.90. The summed E-state index contributed by atoms with van der Waals surface area (Å²) in [6, 6.07) is -0.293. The first-order valence-electron chi connectivity index (χ1n) is 7.74. The number of aliphatic hydroxyl groups is 1. The van der Waals surface area contributed by atoms with E-state index in [-0.39, 0.29) is 17.6 Å². The van der Waals surface area contributed by atoms with E-state index in [4.69, 9.17) is 0 Å². The molecule has 0 aliphatic carbocycles. The Morgan fingerprint density at radius 1 is 1.54 bits per heavy atom. The van der Waals surface area contributed by atoms with E-state index in [1.165, 1.54) is 16.2 Å². The number of carbonyl (C=O) groups is 2. The highest BCUT2D eigenvalue weighted by molar-refractivity contribution is 7.18. The van der Waals surface area contributed by atoms with Crippen molar-refractivity contribution >= 4 is 33.6 Å². The molecule has 0 radical (unpaired) electrons. The third-order valence-electron chi connectivity index (χ3n) is 5.05. The van der Waals surface area contributed by atoms with Gasteiger partial charge in [-0.2, -0.15) is 4.40 Å². The van der Waals surface area contributed by atoms with Crippen LogP contribution in [0.1, 0.15) is 23.9 Å². The number of aryl methyl sites for hydroxylation is 2. The van der Waals surface area contributed by atoms with Gasteiger partial charge in [-0.05, 0) is 13.3 Å². The van der Waals surface area contributed by atoms with E-state index in [0.29, 0.717) is 12.0 Å². The predicted molar refractivity (Wildman–Crippen MR) is 83.5 cm³/mol. The first-order valence-corrected chi connectivity index (χ1v) is 8.55. The van der Waals surface area contributed by atoms with E-state index >= 15 is 0 Å². The summed E-state index contributed by atoms with van der Waals surface area (Å²) in [5.74, 6) is -2.22. The molecule has 7 nitrogen and oxygen atoms in total. The van der Waals surface area contributed by atoms with E-state index in [0.717, 1.165) is 15.4 Å². The van der Waals surface area contributed by atoms with E-state index in [2.05, 4.69) is 0 Å². The first-order chi connectivity index (χ1) is 11.3. The van der Waals surface area contributed by atoms with Crippen molar-refractivity contribution in [3.8, 4) is 0 Å². The van der Waals surface area contributed by atoms with Gasteiger partial charge in [-0.1, -0.05) is 11.3 Å². The molecule has 3 atom stereocenters. The zero-order valence-corrected chi connectivity index (χ0v) is 14.3. The molecule has 2 aliphatic heterocycles. The Bertz CT molecular complexity index is 923. The van der Waals surface area contributed by atoms with Crippen molar-refractivity contribution in [3.05, 3.63) is 28.8 Å². The van der Waals surface area contributed by atoms with Crippen molar-refractivity contribution in [1.29, 1.82) is 0 Å². The minimum Gasteiger partial charge on any atom is -0.543 e. The minimum absolute atomic E-state index is 0.0477. The van der Waals surface area contributed by atoms with Crippen LogP contribution in [-0.4, -0.2) is 38.6 Å². The molecule has 8 heteroatoms. The lowest BCUT2D eigenvalue weighted by molar-refractivity contribution is -0.508. The molecule has 4 heterocycles. The maximum Gasteiger partial charge on any atom is 0.249 e. The van der Waals surface area contributed by atoms with Crippen LogP contribution in [0.5, 0.6) is 0 Å². The largest absolute Gasteiger partial charge is 0.543 e. The fourth-order valence-corrected chi connectivity index (χ4v) is 4.93. The molecule has 2 aliphatic rings. The molecule has 0 saturated carbocycles. The van der Waals surface area contributed by atoms with Gasteiger partial charge in [0.05, 0.1) is 41.7 Å². The second-order valence-corrected chi connectivity index (χ2v) is 7.51. The topological polar surface area (TPSA) is 89.7 Å². The number of β-lactam (4-membered cyclic amide) rings is 1. The smallest absolute Gasteiger partial charge is 0.249 e. The molecule has 2 aromatic heterocycles. The lowest BCUT2D eigenvalue weighted by Crippen LogP contribution is -2.62. The molecule has 24 heavy (non-hydrogen) atoms. The van der Waals surface area contributed by atoms with E-state index in [1.807, 2.05) is 35.5 Å². The fourth-order valence-electron chi connectivity index (χ4n) is 3.76. The van der Waals surface area contributed by atoms with E-state index < -0.39 is 18.0 Å². The number of carboxylic acid groups (broad SMARTS) is 1. The molecule has 0 bridgehead atoms. The number of aliphatic hydroxyl groups excluding tert-OH is 1. The van der Waals surface area contributed by atoms with Crippen LogP contribution >= 0.6 is 11.3 Å². The number of nitrogens with zero attached hydrogens (tertiary/aromatic N) is 3. The van der Waals surface area contributed by atoms with Gasteiger partial charge in [0.1, 0.15) is 6.20 Å². The van der Waals surface area contributed by atoms with Crippen LogP contribution in [0.4, 0.5) is 0 Å². The van der Waals surface area contributed by atoms with Crippen LogP contribution < -0.4 is 9.51 Å². The van der Waals surface area contributed by atoms with Gasteiger partial charge in [0, 0.05) is 12.5 Å². The third kappa shape index (κ3) is 1.83. The van der Waals surface area contributed by atoms with Gasteiger partial charge < -0.3 is 19.9 Å². The molecule has 0 spiro atoms. The number of amides is 1. The summed E-state index contributed by atoms with van der Waals surface area (Å²) in [5.41, 5.74) is 1.65. The van der Waals surface area contributed by atoms with Crippen molar-refractivity contribution in [2.24, 2.45) is 13.0 Å². The van der Waals surface area contributed by atoms with Gasteiger partial charge in [-0.25, -0.2) is 4.57 Å². The Labute approximate surface area is 142 Å². The number of imidazole rings is 1. The summed E-state index contributed by atoms with van der Waals surface area (Å²) < 4.78 is 3.96. The number of rotatable bonds is 3. The van der Waals surface area contributed by atoms with Crippen LogP contribution in [0.3, 0.4) is 0 Å². The lowest BCUT2D eigenvalue weighted by atomic mass is 9.83. The van der Waals surface area contributed by atoms with Crippen LogP contribution in [0, 0.1) is 12.8 Å². The molecule has 4 rings (SSSR count). The first kappa shape index (κ1) is 15.3. The average molecular weight is 347 g/mol. The Kier molecular flexibility index (Phi) is 3.14.